The van der Waals surface area contributed by atoms with Crippen LogP contribution in [-0.2, 0) is 22.6 Å². The van der Waals surface area contributed by atoms with Crippen LogP contribution in [0.1, 0.15) is 36.9 Å². The van der Waals surface area contributed by atoms with Crippen molar-refractivity contribution in [1.82, 2.24) is 25.4 Å². The Balaban J connectivity index is 2.35. The number of urea groups is 1. The number of nitrogens with zero attached hydrogens (tertiary/aromatic N) is 3. The molecule has 1 heterocycles. The zero-order chi connectivity index (χ0) is 21.4. The maximum absolute atomic E-state index is 12.8. The van der Waals surface area contributed by atoms with Crippen molar-refractivity contribution in [3.8, 4) is 0 Å². The van der Waals surface area contributed by atoms with Crippen molar-refractivity contribution in [2.75, 3.05) is 7.05 Å². The lowest BCUT2D eigenvalue weighted by Gasteiger charge is -2.18. The number of thioether (sulfide) groups is 1. The summed E-state index contributed by atoms with van der Waals surface area (Å²) < 4.78 is 1.90. The second-order valence-electron chi connectivity index (χ2n) is 6.85. The minimum Gasteiger partial charge on any atom is -0.370 e. The molecule has 2 aromatic rings. The summed E-state index contributed by atoms with van der Waals surface area (Å²) in [4.78, 5) is 35.6. The molecule has 0 spiro atoms. The highest BCUT2D eigenvalue weighted by atomic mass is 32.2. The third kappa shape index (κ3) is 6.60. The third-order valence-electron chi connectivity index (χ3n) is 3.96. The second kappa shape index (κ2) is 10.6. The van der Waals surface area contributed by atoms with Gasteiger partial charge >= 0.3 is 6.03 Å². The van der Waals surface area contributed by atoms with E-state index >= 15 is 0 Å². The van der Waals surface area contributed by atoms with Crippen molar-refractivity contribution >= 4 is 29.6 Å². The third-order valence-corrected chi connectivity index (χ3v) is 5.20. The molecule has 4 N–H and O–H groups in total. The Morgan fingerprint density at radius 1 is 1.17 bits per heavy atom. The molecule has 0 saturated heterocycles. The Bertz CT molecular complexity index is 853. The van der Waals surface area contributed by atoms with Gasteiger partial charge in [-0.3, -0.25) is 14.9 Å². The summed E-state index contributed by atoms with van der Waals surface area (Å²) in [5.41, 5.74) is 6.00. The van der Waals surface area contributed by atoms with E-state index in [1.807, 2.05) is 34.9 Å². The fraction of sp³-hybridized carbons (Fsp3) is 0.421. The van der Waals surface area contributed by atoms with Crippen molar-refractivity contribution in [3.05, 3.63) is 41.7 Å². The van der Waals surface area contributed by atoms with Crippen LogP contribution in [-0.4, -0.2) is 39.7 Å². The number of nitrogens with two attached hydrogens (primary N) is 1. The summed E-state index contributed by atoms with van der Waals surface area (Å²) in [6.07, 6.45) is 0.538. The molecule has 29 heavy (non-hydrogen) atoms. The summed E-state index contributed by atoms with van der Waals surface area (Å²) in [5, 5.41) is 13.0. The molecule has 0 radical (unpaired) electrons. The first-order valence-corrected chi connectivity index (χ1v) is 10.1. The first-order chi connectivity index (χ1) is 13.8. The first kappa shape index (κ1) is 22.4. The van der Waals surface area contributed by atoms with E-state index in [-0.39, 0.29) is 6.42 Å². The molecule has 156 valence electrons. The smallest absolute Gasteiger partial charge is 0.321 e. The summed E-state index contributed by atoms with van der Waals surface area (Å²) in [7, 11) is 1.44. The molecule has 1 atom stereocenters. The van der Waals surface area contributed by atoms with Gasteiger partial charge in [-0.1, -0.05) is 55.9 Å². The average Bonchev–Trinajstić information content (AvgIpc) is 3.05. The van der Waals surface area contributed by atoms with Gasteiger partial charge in [0, 0.05) is 26.4 Å². The highest BCUT2D eigenvalue weighted by Gasteiger charge is 2.27. The number of primary amides is 1. The molecule has 0 bridgehead atoms. The quantitative estimate of drug-likeness (QED) is 0.531. The largest absolute Gasteiger partial charge is 0.370 e. The van der Waals surface area contributed by atoms with Crippen molar-refractivity contribution in [3.63, 3.8) is 0 Å². The minimum atomic E-state index is -0.701. The van der Waals surface area contributed by atoms with E-state index in [9.17, 15) is 14.4 Å². The Kier molecular flexibility index (Phi) is 8.20. The summed E-state index contributed by atoms with van der Waals surface area (Å²) in [6, 6.07) is 8.56. The van der Waals surface area contributed by atoms with Crippen molar-refractivity contribution in [2.45, 2.75) is 43.6 Å². The number of aromatic nitrogens is 3. The van der Waals surface area contributed by atoms with Gasteiger partial charge in [0.05, 0.1) is 0 Å². The maximum atomic E-state index is 12.8. The van der Waals surface area contributed by atoms with Crippen LogP contribution in [0.15, 0.2) is 35.5 Å². The fourth-order valence-corrected chi connectivity index (χ4v) is 3.69. The fourth-order valence-electron chi connectivity index (χ4n) is 2.62. The normalized spacial score (nSPS) is 11.9. The lowest BCUT2D eigenvalue weighted by Crippen LogP contribution is -2.39. The first-order valence-electron chi connectivity index (χ1n) is 9.26. The van der Waals surface area contributed by atoms with Gasteiger partial charge in [-0.15, -0.1) is 10.2 Å². The average molecular weight is 419 g/mol. The molecule has 1 aromatic carbocycles. The lowest BCUT2D eigenvalue weighted by molar-refractivity contribution is -0.120. The summed E-state index contributed by atoms with van der Waals surface area (Å²) in [6.45, 7) is 4.74. The molecule has 1 aromatic heterocycles. The molecular weight excluding hydrogens is 392 g/mol. The number of hydrogen-bond acceptors (Lipinski definition) is 6. The second-order valence-corrected chi connectivity index (χ2v) is 7.92. The van der Waals surface area contributed by atoms with E-state index in [4.69, 9.17) is 5.73 Å². The van der Waals surface area contributed by atoms with E-state index in [0.29, 0.717) is 29.9 Å². The number of aryl methyl sites for hydroxylation is 1. The highest BCUT2D eigenvalue weighted by Crippen LogP contribution is 2.35. The van der Waals surface area contributed by atoms with E-state index in [0.717, 1.165) is 5.56 Å². The summed E-state index contributed by atoms with van der Waals surface area (Å²) >= 11 is 1.21. The maximum Gasteiger partial charge on any atom is 0.321 e. The molecular formula is C19H26N6O3S. The SMILES string of the molecule is CNC(=O)NC(=O)[C@H](Sc1nnc(CCC(N)=O)n1CC(C)C)c1ccccc1. The number of amides is 4. The number of benzene rings is 1. The Labute approximate surface area is 173 Å². The Morgan fingerprint density at radius 2 is 1.86 bits per heavy atom. The molecule has 0 aliphatic heterocycles. The molecule has 9 nitrogen and oxygen atoms in total. The van der Waals surface area contributed by atoms with Crippen molar-refractivity contribution in [2.24, 2.45) is 11.7 Å². The Morgan fingerprint density at radius 3 is 2.45 bits per heavy atom. The van der Waals surface area contributed by atoms with Gasteiger partial charge in [0.25, 0.3) is 0 Å². The van der Waals surface area contributed by atoms with Crippen LogP contribution in [0.2, 0.25) is 0 Å². The zero-order valence-electron chi connectivity index (χ0n) is 16.7. The standard InChI is InChI=1S/C19H26N6O3S/c1-12(2)11-25-15(10-9-14(20)26)23-24-19(25)29-16(13-7-5-4-6-8-13)17(27)22-18(28)21-3/h4-8,12,16H,9-11H2,1-3H3,(H2,20,26)(H2,21,22,27,28)/t16-/m1/s1. The van der Waals surface area contributed by atoms with E-state index in [1.54, 1.807) is 0 Å². The zero-order valence-corrected chi connectivity index (χ0v) is 17.5. The van der Waals surface area contributed by atoms with Gasteiger partial charge in [-0.05, 0) is 11.5 Å². The van der Waals surface area contributed by atoms with E-state index in [1.165, 1.54) is 18.8 Å². The van der Waals surface area contributed by atoms with Crippen molar-refractivity contribution < 1.29 is 14.4 Å². The lowest BCUT2D eigenvalue weighted by atomic mass is 10.1. The van der Waals surface area contributed by atoms with Crippen LogP contribution in [0, 0.1) is 5.92 Å². The van der Waals surface area contributed by atoms with Gasteiger partial charge in [-0.2, -0.15) is 0 Å². The molecule has 0 unspecified atom stereocenters. The van der Waals surface area contributed by atoms with Crippen LogP contribution >= 0.6 is 11.8 Å². The van der Waals surface area contributed by atoms with E-state index in [2.05, 4.69) is 34.7 Å². The summed E-state index contributed by atoms with van der Waals surface area (Å²) in [5.74, 6) is 0.0646. The van der Waals surface area contributed by atoms with Crippen LogP contribution in [0.4, 0.5) is 4.79 Å². The van der Waals surface area contributed by atoms with Gasteiger partial charge < -0.3 is 15.6 Å². The molecule has 0 saturated carbocycles. The molecule has 0 aliphatic carbocycles. The van der Waals surface area contributed by atoms with Crippen LogP contribution in [0.25, 0.3) is 0 Å². The number of carbonyl (C=O) groups is 3. The van der Waals surface area contributed by atoms with Crippen LogP contribution in [0.5, 0.6) is 0 Å². The number of carbonyl (C=O) groups excluding carboxylic acids is 3. The topological polar surface area (TPSA) is 132 Å². The molecule has 2 rings (SSSR count). The predicted octanol–water partition coefficient (Wildman–Crippen LogP) is 1.64. The van der Waals surface area contributed by atoms with Crippen LogP contribution in [0.3, 0.4) is 0 Å². The minimum absolute atomic E-state index is 0.167. The molecule has 0 fully saturated rings. The number of hydrogen-bond donors (Lipinski definition) is 3. The van der Waals surface area contributed by atoms with Crippen molar-refractivity contribution in [1.29, 1.82) is 0 Å². The molecule has 0 aliphatic rings. The van der Waals surface area contributed by atoms with E-state index < -0.39 is 23.1 Å². The number of imide groups is 1. The van der Waals surface area contributed by atoms with Gasteiger partial charge in [0.2, 0.25) is 11.8 Å². The Hall–Kier alpha value is -2.88. The number of rotatable bonds is 9. The molecule has 10 heteroatoms. The monoisotopic (exact) mass is 418 g/mol. The van der Waals surface area contributed by atoms with Gasteiger partial charge in [0.1, 0.15) is 11.1 Å². The van der Waals surface area contributed by atoms with Gasteiger partial charge in [0.15, 0.2) is 5.16 Å². The molecule has 4 amide bonds. The number of nitrogens with one attached hydrogen (secondary N) is 2. The van der Waals surface area contributed by atoms with Gasteiger partial charge in [-0.25, -0.2) is 4.79 Å². The highest BCUT2D eigenvalue weighted by molar-refractivity contribution is 8.00. The van der Waals surface area contributed by atoms with Crippen LogP contribution < -0.4 is 16.4 Å². The predicted molar refractivity (Wildman–Crippen MR) is 110 cm³/mol.